The maximum Gasteiger partial charge on any atom is 0.238 e. The first kappa shape index (κ1) is 32.0. The molecule has 4 heteroatoms. The largest absolute Gasteiger partial charge is 0.278 e. The summed E-state index contributed by atoms with van der Waals surface area (Å²) in [6, 6.07) is 73.4. The molecule has 0 aliphatic heterocycles. The summed E-state index contributed by atoms with van der Waals surface area (Å²) in [5.41, 5.74) is 13.1. The van der Waals surface area contributed by atoms with Crippen molar-refractivity contribution in [1.82, 2.24) is 19.5 Å². The van der Waals surface area contributed by atoms with Crippen molar-refractivity contribution in [3.05, 3.63) is 229 Å². The molecule has 2 heterocycles. The molecule has 0 bridgehead atoms. The van der Waals surface area contributed by atoms with Crippen molar-refractivity contribution in [1.29, 1.82) is 0 Å². The fraction of sp³-hybridized carbons (Fsp3) is 0.0192. The van der Waals surface area contributed by atoms with Gasteiger partial charge >= 0.3 is 0 Å². The molecule has 0 spiro atoms. The maximum absolute atomic E-state index is 5.29. The topological polar surface area (TPSA) is 43.6 Å². The zero-order chi connectivity index (χ0) is 37.1. The van der Waals surface area contributed by atoms with E-state index in [1.807, 2.05) is 36.4 Å². The van der Waals surface area contributed by atoms with Gasteiger partial charge in [0.15, 0.2) is 11.6 Å². The van der Waals surface area contributed by atoms with Crippen molar-refractivity contribution in [2.24, 2.45) is 0 Å². The van der Waals surface area contributed by atoms with E-state index in [0.717, 1.165) is 38.7 Å². The number of hydrogen-bond acceptors (Lipinski definition) is 3. The predicted octanol–water partition coefficient (Wildman–Crippen LogP) is 12.3. The second-order valence-corrected chi connectivity index (χ2v) is 14.4. The monoisotopic (exact) mass is 714 g/mol. The highest BCUT2D eigenvalue weighted by atomic mass is 15.2. The van der Waals surface area contributed by atoms with Gasteiger partial charge in [0.05, 0.1) is 16.4 Å². The molecule has 11 rings (SSSR count). The molecule has 262 valence electrons. The van der Waals surface area contributed by atoms with E-state index in [-0.39, 0.29) is 0 Å². The van der Waals surface area contributed by atoms with Crippen LogP contribution < -0.4 is 0 Å². The third kappa shape index (κ3) is 4.83. The molecule has 0 N–H and O–H groups in total. The van der Waals surface area contributed by atoms with E-state index in [4.69, 9.17) is 15.0 Å². The third-order valence-electron chi connectivity index (χ3n) is 11.3. The molecule has 0 radical (unpaired) electrons. The third-order valence-corrected chi connectivity index (χ3v) is 11.3. The normalized spacial score (nSPS) is 12.8. The van der Waals surface area contributed by atoms with Crippen LogP contribution in [0.15, 0.2) is 206 Å². The summed E-state index contributed by atoms with van der Waals surface area (Å²) in [6.45, 7) is 0. The van der Waals surface area contributed by atoms with Crippen molar-refractivity contribution in [2.75, 3.05) is 0 Å². The van der Waals surface area contributed by atoms with E-state index >= 15 is 0 Å². The molecule has 0 amide bonds. The molecular formula is C52H34N4. The molecule has 0 unspecified atom stereocenters. The highest BCUT2D eigenvalue weighted by Gasteiger charge is 2.47. The number of aromatic nitrogens is 4. The quantitative estimate of drug-likeness (QED) is 0.172. The smallest absolute Gasteiger partial charge is 0.238 e. The Balaban J connectivity index is 1.29. The number of rotatable bonds is 6. The van der Waals surface area contributed by atoms with Crippen LogP contribution >= 0.6 is 0 Å². The number of nitrogens with zero attached hydrogens (tertiary/aromatic N) is 4. The van der Waals surface area contributed by atoms with E-state index in [0.29, 0.717) is 17.6 Å². The Morgan fingerprint density at radius 1 is 0.357 bits per heavy atom. The van der Waals surface area contributed by atoms with E-state index in [2.05, 4.69) is 174 Å². The molecule has 56 heavy (non-hydrogen) atoms. The number of benzene rings is 8. The fourth-order valence-corrected chi connectivity index (χ4v) is 8.98. The molecule has 0 saturated carbocycles. The van der Waals surface area contributed by atoms with Crippen LogP contribution in [0.1, 0.15) is 22.3 Å². The molecule has 0 saturated heterocycles. The van der Waals surface area contributed by atoms with Crippen molar-refractivity contribution < 1.29 is 0 Å². The summed E-state index contributed by atoms with van der Waals surface area (Å²) in [6.07, 6.45) is 0. The lowest BCUT2D eigenvalue weighted by Gasteiger charge is -2.34. The predicted molar refractivity (Wildman–Crippen MR) is 228 cm³/mol. The molecule has 2 aromatic heterocycles. The van der Waals surface area contributed by atoms with Gasteiger partial charge in [-0.15, -0.1) is 0 Å². The summed E-state index contributed by atoms with van der Waals surface area (Å²) in [5, 5.41) is 2.30. The first-order valence-electron chi connectivity index (χ1n) is 19.0. The number of hydrogen-bond donors (Lipinski definition) is 0. The average molecular weight is 715 g/mol. The van der Waals surface area contributed by atoms with Crippen LogP contribution in [0.2, 0.25) is 0 Å². The minimum atomic E-state index is -0.589. The van der Waals surface area contributed by atoms with Crippen LogP contribution in [0.3, 0.4) is 0 Å². The van der Waals surface area contributed by atoms with Gasteiger partial charge in [-0.25, -0.2) is 4.98 Å². The molecule has 1 aliphatic carbocycles. The van der Waals surface area contributed by atoms with Crippen molar-refractivity contribution in [2.45, 2.75) is 5.41 Å². The van der Waals surface area contributed by atoms with Gasteiger partial charge in [-0.05, 0) is 56.6 Å². The Morgan fingerprint density at radius 2 is 0.857 bits per heavy atom. The summed E-state index contributed by atoms with van der Waals surface area (Å²) < 4.78 is 2.26. The number of fused-ring (bicyclic) bond motifs is 6. The van der Waals surface area contributed by atoms with E-state index in [9.17, 15) is 0 Å². The summed E-state index contributed by atoms with van der Waals surface area (Å²) in [4.78, 5) is 15.6. The second kappa shape index (κ2) is 12.9. The summed E-state index contributed by atoms with van der Waals surface area (Å²) >= 11 is 0. The van der Waals surface area contributed by atoms with Crippen LogP contribution in [0.25, 0.3) is 72.8 Å². The first-order valence-corrected chi connectivity index (χ1v) is 19.0. The average Bonchev–Trinajstić information content (AvgIpc) is 3.78. The lowest BCUT2D eigenvalue weighted by Crippen LogP contribution is -2.28. The van der Waals surface area contributed by atoms with Crippen molar-refractivity contribution in [3.63, 3.8) is 0 Å². The van der Waals surface area contributed by atoms with Crippen LogP contribution in [-0.2, 0) is 5.41 Å². The molecule has 4 nitrogen and oxygen atoms in total. The van der Waals surface area contributed by atoms with Gasteiger partial charge in [-0.3, -0.25) is 4.57 Å². The highest BCUT2D eigenvalue weighted by molar-refractivity contribution is 6.13. The Kier molecular flexibility index (Phi) is 7.36. The minimum absolute atomic E-state index is 0.570. The van der Waals surface area contributed by atoms with Gasteiger partial charge in [0, 0.05) is 21.9 Å². The second-order valence-electron chi connectivity index (χ2n) is 14.4. The molecule has 0 fully saturated rings. The lowest BCUT2D eigenvalue weighted by atomic mass is 9.66. The Labute approximate surface area is 325 Å². The standard InChI is InChI=1S/C52H34N4/c1-5-18-35(19-6-1)38-32-33-42-47(34-38)56(51-54-49(36-20-7-2-8-21-36)53-50(55-51)37-22-9-3-10-23-37)46-31-17-30-45(48(42)46)52(39-24-11-4-12-25-39)43-28-15-13-26-40(43)41-27-14-16-29-44(41)52/h1-34H. The molecular weight excluding hydrogens is 681 g/mol. The van der Waals surface area contributed by atoms with Crippen molar-refractivity contribution in [3.8, 4) is 51.0 Å². The molecule has 1 aliphatic rings. The molecule has 10 aromatic rings. The Morgan fingerprint density at radius 3 is 1.45 bits per heavy atom. The van der Waals surface area contributed by atoms with E-state index in [1.165, 1.54) is 38.8 Å². The summed E-state index contributed by atoms with van der Waals surface area (Å²) in [7, 11) is 0. The fourth-order valence-electron chi connectivity index (χ4n) is 8.98. The van der Waals surface area contributed by atoms with Crippen LogP contribution in [0.5, 0.6) is 0 Å². The van der Waals surface area contributed by atoms with Gasteiger partial charge < -0.3 is 0 Å². The Bertz CT molecular complexity index is 2960. The van der Waals surface area contributed by atoms with E-state index < -0.39 is 5.41 Å². The first-order chi connectivity index (χ1) is 27.8. The maximum atomic E-state index is 5.29. The molecule has 8 aromatic carbocycles. The summed E-state index contributed by atoms with van der Waals surface area (Å²) in [5.74, 6) is 1.82. The van der Waals surface area contributed by atoms with Crippen LogP contribution in [-0.4, -0.2) is 19.5 Å². The van der Waals surface area contributed by atoms with Crippen LogP contribution in [0, 0.1) is 0 Å². The van der Waals surface area contributed by atoms with Gasteiger partial charge in [0.1, 0.15) is 0 Å². The van der Waals surface area contributed by atoms with Crippen molar-refractivity contribution >= 4 is 21.8 Å². The Hall–Kier alpha value is -7.43. The SMILES string of the molecule is c1ccc(-c2ccc3c4c(C5(c6ccccc6)c6ccccc6-c6ccccc65)cccc4n(-c4nc(-c5ccccc5)nc(-c5ccccc5)n4)c3c2)cc1. The van der Waals surface area contributed by atoms with Gasteiger partial charge in [-0.2, -0.15) is 9.97 Å². The lowest BCUT2D eigenvalue weighted by molar-refractivity contribution is 0.777. The minimum Gasteiger partial charge on any atom is -0.278 e. The van der Waals surface area contributed by atoms with Gasteiger partial charge in [0.25, 0.3) is 0 Å². The van der Waals surface area contributed by atoms with E-state index in [1.54, 1.807) is 0 Å². The highest BCUT2D eigenvalue weighted by Crippen LogP contribution is 2.58. The van der Waals surface area contributed by atoms with Gasteiger partial charge in [0.2, 0.25) is 5.95 Å². The van der Waals surface area contributed by atoms with Crippen LogP contribution in [0.4, 0.5) is 0 Å². The molecule has 0 atom stereocenters. The van der Waals surface area contributed by atoms with Gasteiger partial charge in [-0.1, -0.05) is 194 Å². The zero-order valence-corrected chi connectivity index (χ0v) is 30.4. The zero-order valence-electron chi connectivity index (χ0n) is 30.4.